The van der Waals surface area contributed by atoms with Crippen molar-refractivity contribution < 1.29 is 18.3 Å². The van der Waals surface area contributed by atoms with Crippen molar-refractivity contribution in [3.8, 4) is 5.75 Å². The number of rotatable bonds is 7. The molecule has 0 amide bonds. The van der Waals surface area contributed by atoms with Crippen LogP contribution in [0.1, 0.15) is 12.5 Å². The highest BCUT2D eigenvalue weighted by atomic mass is 32.1. The highest BCUT2D eigenvalue weighted by molar-refractivity contribution is 7.80. The monoisotopic (exact) mass is 372 g/mol. The van der Waals surface area contributed by atoms with E-state index in [1.807, 2.05) is 0 Å². The molecule has 1 aliphatic rings. The number of alkyl halides is 2. The van der Waals surface area contributed by atoms with Crippen LogP contribution < -0.4 is 15.5 Å². The van der Waals surface area contributed by atoms with Crippen LogP contribution in [0.5, 0.6) is 5.75 Å². The quantitative estimate of drug-likeness (QED) is 0.433. The van der Waals surface area contributed by atoms with Gasteiger partial charge in [-0.15, -0.1) is 0 Å². The average Bonchev–Trinajstić information content (AvgIpc) is 2.61. The Labute approximate surface area is 151 Å². The molecule has 0 atom stereocenters. The van der Waals surface area contributed by atoms with Crippen LogP contribution in [0.2, 0.25) is 0 Å². The minimum absolute atomic E-state index is 0.111. The van der Waals surface area contributed by atoms with Crippen molar-refractivity contribution in [1.29, 1.82) is 0 Å². The van der Waals surface area contributed by atoms with E-state index in [1.165, 1.54) is 12.1 Å². The number of nitrogens with one attached hydrogen (secondary N) is 2. The third kappa shape index (κ3) is 7.29. The number of hydrogen-bond donors (Lipinski definition) is 2. The van der Waals surface area contributed by atoms with Crippen LogP contribution in [0.15, 0.2) is 29.4 Å². The molecule has 1 heterocycles. The van der Waals surface area contributed by atoms with Crippen LogP contribution in [0, 0.1) is 0 Å². The van der Waals surface area contributed by atoms with E-state index in [-0.39, 0.29) is 5.75 Å². The Morgan fingerprint density at radius 2 is 2.00 bits per heavy atom. The largest absolute Gasteiger partial charge is 0.435 e. The lowest BCUT2D eigenvalue weighted by molar-refractivity contribution is -0.0498. The van der Waals surface area contributed by atoms with Crippen LogP contribution in [-0.4, -0.2) is 61.7 Å². The summed E-state index contributed by atoms with van der Waals surface area (Å²) in [5.41, 5.74) is 4.24. The third-order valence-corrected chi connectivity index (χ3v) is 3.88. The van der Waals surface area contributed by atoms with Crippen molar-refractivity contribution >= 4 is 23.0 Å². The van der Waals surface area contributed by atoms with Crippen molar-refractivity contribution in [3.63, 3.8) is 0 Å². The summed E-state index contributed by atoms with van der Waals surface area (Å²) in [7, 11) is 0. The van der Waals surface area contributed by atoms with Gasteiger partial charge >= 0.3 is 6.61 Å². The summed E-state index contributed by atoms with van der Waals surface area (Å²) in [6.07, 6.45) is 0. The van der Waals surface area contributed by atoms with E-state index in [9.17, 15) is 8.78 Å². The minimum atomic E-state index is -2.83. The number of thiocarbonyl (C=S) groups is 1. The second kappa shape index (κ2) is 10.2. The van der Waals surface area contributed by atoms with Crippen molar-refractivity contribution in [2.75, 3.05) is 39.4 Å². The number of morpholine rings is 1. The van der Waals surface area contributed by atoms with E-state index in [1.54, 1.807) is 19.1 Å². The molecule has 0 radical (unpaired) electrons. The van der Waals surface area contributed by atoms with E-state index in [0.29, 0.717) is 10.8 Å². The predicted molar refractivity (Wildman–Crippen MR) is 96.3 cm³/mol. The van der Waals surface area contributed by atoms with Gasteiger partial charge in [-0.1, -0.05) is 0 Å². The number of hydrogen-bond acceptors (Lipinski definition) is 5. The van der Waals surface area contributed by atoms with E-state index < -0.39 is 6.61 Å². The maximum Gasteiger partial charge on any atom is 0.387 e. The van der Waals surface area contributed by atoms with E-state index in [0.717, 1.165) is 45.0 Å². The summed E-state index contributed by atoms with van der Waals surface area (Å²) in [4.78, 5) is 2.30. The summed E-state index contributed by atoms with van der Waals surface area (Å²) in [5, 5.41) is 7.72. The average molecular weight is 372 g/mol. The molecule has 0 aliphatic carbocycles. The molecule has 1 fully saturated rings. The number of benzene rings is 1. The first-order valence-corrected chi connectivity index (χ1v) is 8.39. The van der Waals surface area contributed by atoms with Gasteiger partial charge in [-0.05, 0) is 49.0 Å². The van der Waals surface area contributed by atoms with Crippen molar-refractivity contribution in [2.45, 2.75) is 13.5 Å². The molecule has 1 aliphatic heterocycles. The fraction of sp³-hybridized carbons (Fsp3) is 0.500. The Bertz CT molecular complexity index is 578. The molecule has 0 aromatic heterocycles. The normalized spacial score (nSPS) is 15.9. The summed E-state index contributed by atoms with van der Waals surface area (Å²) < 4.78 is 33.9. The zero-order valence-electron chi connectivity index (χ0n) is 14.0. The van der Waals surface area contributed by atoms with E-state index in [4.69, 9.17) is 17.0 Å². The lowest BCUT2D eigenvalue weighted by atomic mass is 10.1. The van der Waals surface area contributed by atoms with Crippen LogP contribution in [0.4, 0.5) is 8.78 Å². The molecule has 6 nitrogen and oxygen atoms in total. The van der Waals surface area contributed by atoms with Crippen molar-refractivity contribution in [1.82, 2.24) is 15.6 Å². The molecule has 138 valence electrons. The zero-order valence-corrected chi connectivity index (χ0v) is 14.8. The van der Waals surface area contributed by atoms with Gasteiger partial charge in [0.05, 0.1) is 18.9 Å². The third-order valence-electron chi connectivity index (χ3n) is 3.64. The zero-order chi connectivity index (χ0) is 18.1. The molecular weight excluding hydrogens is 350 g/mol. The molecule has 25 heavy (non-hydrogen) atoms. The molecule has 1 aromatic rings. The van der Waals surface area contributed by atoms with E-state index >= 15 is 0 Å². The number of hydrazone groups is 1. The summed E-state index contributed by atoms with van der Waals surface area (Å²) in [6, 6.07) is 6.26. The van der Waals surface area contributed by atoms with E-state index in [2.05, 4.69) is 25.5 Å². The molecule has 2 N–H and O–H groups in total. The highest BCUT2D eigenvalue weighted by Gasteiger charge is 2.09. The molecule has 0 unspecified atom stereocenters. The van der Waals surface area contributed by atoms with Gasteiger partial charge in [0, 0.05) is 26.2 Å². The molecule has 9 heteroatoms. The molecule has 0 bridgehead atoms. The smallest absolute Gasteiger partial charge is 0.387 e. The number of nitrogens with zero attached hydrogens (tertiary/aromatic N) is 2. The fourth-order valence-corrected chi connectivity index (χ4v) is 2.42. The van der Waals surface area contributed by atoms with Crippen LogP contribution >= 0.6 is 12.2 Å². The Hall–Kier alpha value is -1.84. The number of halogens is 2. The van der Waals surface area contributed by atoms with Crippen molar-refractivity contribution in [2.24, 2.45) is 5.10 Å². The predicted octanol–water partition coefficient (Wildman–Crippen LogP) is 1.81. The minimum Gasteiger partial charge on any atom is -0.435 e. The summed E-state index contributed by atoms with van der Waals surface area (Å²) >= 11 is 5.18. The van der Waals surface area contributed by atoms with Gasteiger partial charge < -0.3 is 14.8 Å². The molecule has 2 rings (SSSR count). The van der Waals surface area contributed by atoms with Gasteiger partial charge in [-0.2, -0.15) is 13.9 Å². The summed E-state index contributed by atoms with van der Waals surface area (Å²) in [5.74, 6) is 0.111. The summed E-state index contributed by atoms with van der Waals surface area (Å²) in [6.45, 7) is 3.99. The van der Waals surface area contributed by atoms with Gasteiger partial charge in [0.2, 0.25) is 0 Å². The van der Waals surface area contributed by atoms with Crippen LogP contribution in [-0.2, 0) is 4.74 Å². The molecule has 1 aromatic carbocycles. The Kier molecular flexibility index (Phi) is 7.96. The van der Waals surface area contributed by atoms with Gasteiger partial charge in [-0.25, -0.2) is 0 Å². The van der Waals surface area contributed by atoms with Gasteiger partial charge in [0.1, 0.15) is 5.75 Å². The molecular formula is C16H22F2N4O2S. The Balaban J connectivity index is 1.72. The first kappa shape index (κ1) is 19.5. The van der Waals surface area contributed by atoms with Crippen LogP contribution in [0.25, 0.3) is 0 Å². The van der Waals surface area contributed by atoms with Gasteiger partial charge in [-0.3, -0.25) is 10.3 Å². The lowest BCUT2D eigenvalue weighted by Gasteiger charge is -2.26. The topological polar surface area (TPSA) is 58.1 Å². The first-order chi connectivity index (χ1) is 12.0. The first-order valence-electron chi connectivity index (χ1n) is 7.98. The number of ether oxygens (including phenoxy) is 2. The molecule has 0 spiro atoms. The highest BCUT2D eigenvalue weighted by Crippen LogP contribution is 2.15. The SMILES string of the molecule is C/C(=N/NC(=S)NCCN1CCOCC1)c1ccc(OC(F)F)cc1. The molecule has 0 saturated carbocycles. The maximum absolute atomic E-state index is 12.1. The maximum atomic E-state index is 12.1. The van der Waals surface area contributed by atoms with Gasteiger partial charge in [0.15, 0.2) is 5.11 Å². The van der Waals surface area contributed by atoms with Crippen LogP contribution in [0.3, 0.4) is 0 Å². The second-order valence-corrected chi connectivity index (χ2v) is 5.83. The Morgan fingerprint density at radius 3 is 2.64 bits per heavy atom. The van der Waals surface area contributed by atoms with Crippen molar-refractivity contribution in [3.05, 3.63) is 29.8 Å². The Morgan fingerprint density at radius 1 is 1.32 bits per heavy atom. The second-order valence-electron chi connectivity index (χ2n) is 5.42. The lowest BCUT2D eigenvalue weighted by Crippen LogP contribution is -2.42. The molecule has 1 saturated heterocycles. The van der Waals surface area contributed by atoms with Gasteiger partial charge in [0.25, 0.3) is 0 Å². The standard InChI is InChI=1S/C16H22F2N4O2S/c1-12(13-2-4-14(5-3-13)24-15(17)18)20-21-16(25)19-6-7-22-8-10-23-11-9-22/h2-5,15H,6-11H2,1H3,(H2,19,21,25)/b20-12-. The fourth-order valence-electron chi connectivity index (χ4n) is 2.27.